The molecular weight excluding hydrogens is 205 g/mol. The molecule has 1 saturated carbocycles. The summed E-state index contributed by atoms with van der Waals surface area (Å²) in [5.41, 5.74) is -3.45. The van der Waals surface area contributed by atoms with E-state index in [1.807, 2.05) is 0 Å². The Kier molecular flexibility index (Phi) is 2.67. The fraction of sp³-hybridized carbons (Fsp3) is 1.00. The van der Waals surface area contributed by atoms with Crippen LogP contribution in [0.1, 0.15) is 47.0 Å². The van der Waals surface area contributed by atoms with Crippen molar-refractivity contribution in [3.8, 4) is 0 Å². The van der Waals surface area contributed by atoms with E-state index in [-0.39, 0.29) is 12.8 Å². The first-order chi connectivity index (χ1) is 6.37. The highest BCUT2D eigenvalue weighted by Crippen LogP contribution is 2.54. The van der Waals surface area contributed by atoms with Crippen molar-refractivity contribution in [3.63, 3.8) is 0 Å². The predicted octanol–water partition coefficient (Wildman–Crippen LogP) is 3.52. The minimum atomic E-state index is -4.53. The lowest BCUT2D eigenvalue weighted by molar-refractivity contribution is -0.291. The van der Waals surface area contributed by atoms with E-state index in [1.54, 1.807) is 27.7 Å². The van der Waals surface area contributed by atoms with Crippen LogP contribution < -0.4 is 0 Å². The monoisotopic (exact) mass is 224 g/mol. The standard InChI is InChI=1S/C11H19F3O/c1-8(2)5-9(3,4)7-10(15,6-8)11(12,13)14/h15H,5-7H2,1-4H3. The molecule has 0 spiro atoms. The minimum Gasteiger partial charge on any atom is -0.380 e. The Hall–Kier alpha value is -0.250. The molecule has 1 aliphatic carbocycles. The zero-order chi connectivity index (χ0) is 12.1. The topological polar surface area (TPSA) is 20.2 Å². The van der Waals surface area contributed by atoms with Crippen LogP contribution >= 0.6 is 0 Å². The summed E-state index contributed by atoms with van der Waals surface area (Å²) in [5.74, 6) is 0. The molecule has 4 heteroatoms. The van der Waals surface area contributed by atoms with Gasteiger partial charge in [-0.15, -0.1) is 0 Å². The maximum Gasteiger partial charge on any atom is 0.417 e. The van der Waals surface area contributed by atoms with Crippen molar-refractivity contribution in [3.05, 3.63) is 0 Å². The van der Waals surface area contributed by atoms with Crippen molar-refractivity contribution >= 4 is 0 Å². The molecule has 1 rings (SSSR count). The third-order valence-corrected chi connectivity index (χ3v) is 3.03. The van der Waals surface area contributed by atoms with Gasteiger partial charge in [-0.1, -0.05) is 27.7 Å². The molecule has 0 bridgehead atoms. The molecule has 15 heavy (non-hydrogen) atoms. The Labute approximate surface area is 88.7 Å². The second kappa shape index (κ2) is 3.12. The number of hydrogen-bond donors (Lipinski definition) is 1. The first-order valence-corrected chi connectivity index (χ1v) is 5.16. The number of alkyl halides is 3. The second-order valence-electron chi connectivity index (χ2n) is 6.39. The van der Waals surface area contributed by atoms with E-state index in [9.17, 15) is 18.3 Å². The predicted molar refractivity (Wildman–Crippen MR) is 52.4 cm³/mol. The fourth-order valence-corrected chi connectivity index (χ4v) is 3.27. The van der Waals surface area contributed by atoms with E-state index in [1.165, 1.54) is 0 Å². The van der Waals surface area contributed by atoms with Gasteiger partial charge in [0.2, 0.25) is 0 Å². The van der Waals surface area contributed by atoms with Crippen LogP contribution in [0.15, 0.2) is 0 Å². The first kappa shape index (κ1) is 12.8. The van der Waals surface area contributed by atoms with Crippen molar-refractivity contribution < 1.29 is 18.3 Å². The van der Waals surface area contributed by atoms with Gasteiger partial charge in [0, 0.05) is 0 Å². The van der Waals surface area contributed by atoms with Gasteiger partial charge >= 0.3 is 6.18 Å². The van der Waals surface area contributed by atoms with Gasteiger partial charge in [0.15, 0.2) is 5.60 Å². The Morgan fingerprint density at radius 2 is 1.20 bits per heavy atom. The van der Waals surface area contributed by atoms with Gasteiger partial charge in [-0.25, -0.2) is 0 Å². The highest BCUT2D eigenvalue weighted by atomic mass is 19.4. The number of rotatable bonds is 0. The summed E-state index contributed by atoms with van der Waals surface area (Å²) in [4.78, 5) is 0. The third kappa shape index (κ3) is 2.65. The minimum absolute atomic E-state index is 0.201. The molecule has 0 amide bonds. The van der Waals surface area contributed by atoms with Crippen LogP contribution in [0.4, 0.5) is 13.2 Å². The lowest BCUT2D eigenvalue weighted by Gasteiger charge is -2.49. The largest absolute Gasteiger partial charge is 0.417 e. The lowest BCUT2D eigenvalue weighted by atomic mass is 9.59. The summed E-state index contributed by atoms with van der Waals surface area (Å²) in [7, 11) is 0. The molecule has 0 atom stereocenters. The van der Waals surface area contributed by atoms with Crippen LogP contribution in [0.2, 0.25) is 0 Å². The molecule has 0 aromatic carbocycles. The molecule has 1 aliphatic rings. The van der Waals surface area contributed by atoms with Gasteiger partial charge in [-0.3, -0.25) is 0 Å². The van der Waals surface area contributed by atoms with Crippen LogP contribution in [0.5, 0.6) is 0 Å². The van der Waals surface area contributed by atoms with E-state index < -0.39 is 22.6 Å². The summed E-state index contributed by atoms with van der Waals surface area (Å²) in [6.45, 7) is 7.13. The van der Waals surface area contributed by atoms with Crippen LogP contribution in [0, 0.1) is 10.8 Å². The van der Waals surface area contributed by atoms with Crippen LogP contribution in [-0.4, -0.2) is 16.9 Å². The zero-order valence-electron chi connectivity index (χ0n) is 9.70. The van der Waals surface area contributed by atoms with Gasteiger partial charge in [0.1, 0.15) is 0 Å². The SMILES string of the molecule is CC1(C)CC(C)(C)CC(O)(C(F)(F)F)C1. The van der Waals surface area contributed by atoms with Gasteiger partial charge in [-0.2, -0.15) is 13.2 Å². The lowest BCUT2D eigenvalue weighted by Crippen LogP contribution is -2.54. The third-order valence-electron chi connectivity index (χ3n) is 3.03. The molecule has 0 heterocycles. The molecule has 0 radical (unpaired) electrons. The van der Waals surface area contributed by atoms with Gasteiger partial charge in [0.25, 0.3) is 0 Å². The van der Waals surface area contributed by atoms with Crippen LogP contribution in [0.3, 0.4) is 0 Å². The molecule has 0 saturated heterocycles. The van der Waals surface area contributed by atoms with E-state index >= 15 is 0 Å². The summed E-state index contributed by atoms with van der Waals surface area (Å²) < 4.78 is 38.3. The highest BCUT2D eigenvalue weighted by Gasteiger charge is 2.60. The van der Waals surface area contributed by atoms with E-state index in [2.05, 4.69) is 0 Å². The molecule has 0 aromatic rings. The average Bonchev–Trinajstić information content (AvgIpc) is 1.72. The van der Waals surface area contributed by atoms with Crippen molar-refractivity contribution in [2.45, 2.75) is 58.7 Å². The molecular formula is C11H19F3O. The van der Waals surface area contributed by atoms with Crippen molar-refractivity contribution in [2.75, 3.05) is 0 Å². The van der Waals surface area contributed by atoms with E-state index in [0.717, 1.165) is 0 Å². The fourth-order valence-electron chi connectivity index (χ4n) is 3.27. The van der Waals surface area contributed by atoms with Crippen molar-refractivity contribution in [1.29, 1.82) is 0 Å². The number of hydrogen-bond acceptors (Lipinski definition) is 1. The van der Waals surface area contributed by atoms with E-state index in [4.69, 9.17) is 0 Å². The maximum absolute atomic E-state index is 12.8. The normalized spacial score (nSPS) is 28.8. The maximum atomic E-state index is 12.8. The molecule has 0 aromatic heterocycles. The quantitative estimate of drug-likeness (QED) is 0.667. The molecule has 1 fully saturated rings. The molecule has 1 N–H and O–H groups in total. The Bertz CT molecular complexity index is 237. The molecule has 90 valence electrons. The van der Waals surface area contributed by atoms with Gasteiger partial charge in [-0.05, 0) is 30.1 Å². The van der Waals surface area contributed by atoms with Crippen molar-refractivity contribution in [2.24, 2.45) is 10.8 Å². The smallest absolute Gasteiger partial charge is 0.380 e. The summed E-state index contributed by atoms with van der Waals surface area (Å²) in [6.07, 6.45) is -4.22. The second-order valence-corrected chi connectivity index (χ2v) is 6.39. The first-order valence-electron chi connectivity index (χ1n) is 5.16. The Morgan fingerprint density at radius 1 is 0.867 bits per heavy atom. The van der Waals surface area contributed by atoms with E-state index in [0.29, 0.717) is 6.42 Å². The summed E-state index contributed by atoms with van der Waals surface area (Å²) in [6, 6.07) is 0. The average molecular weight is 224 g/mol. The highest BCUT2D eigenvalue weighted by molar-refractivity contribution is 5.01. The Morgan fingerprint density at radius 3 is 1.47 bits per heavy atom. The molecule has 0 unspecified atom stereocenters. The summed E-state index contributed by atoms with van der Waals surface area (Å²) >= 11 is 0. The molecule has 1 nitrogen and oxygen atoms in total. The van der Waals surface area contributed by atoms with Gasteiger partial charge in [0.05, 0.1) is 0 Å². The van der Waals surface area contributed by atoms with Crippen molar-refractivity contribution in [1.82, 2.24) is 0 Å². The Balaban J connectivity index is 3.03. The number of aliphatic hydroxyl groups is 1. The zero-order valence-corrected chi connectivity index (χ0v) is 9.70. The summed E-state index contributed by atoms with van der Waals surface area (Å²) in [5, 5.41) is 9.75. The van der Waals surface area contributed by atoms with Crippen LogP contribution in [-0.2, 0) is 0 Å². The van der Waals surface area contributed by atoms with Gasteiger partial charge < -0.3 is 5.11 Å². The van der Waals surface area contributed by atoms with Crippen LogP contribution in [0.25, 0.3) is 0 Å². The molecule has 0 aliphatic heterocycles. The number of halogens is 3.